The molecule has 0 radical (unpaired) electrons. The number of hydrogen-bond acceptors (Lipinski definition) is 3. The third kappa shape index (κ3) is 4.53. The molecule has 0 saturated heterocycles. The first-order valence-electron chi connectivity index (χ1n) is 6.14. The smallest absolute Gasteiger partial charge is 0.256 e. The molecule has 5 heteroatoms. The third-order valence-corrected chi connectivity index (χ3v) is 2.36. The molecule has 20 heavy (non-hydrogen) atoms. The van der Waals surface area contributed by atoms with Gasteiger partial charge in [0.15, 0.2) is 0 Å². The van der Waals surface area contributed by atoms with Crippen LogP contribution in [0.25, 0.3) is 0 Å². The molecule has 2 amide bonds. The van der Waals surface area contributed by atoms with E-state index < -0.39 is 0 Å². The van der Waals surface area contributed by atoms with Crippen LogP contribution in [0.1, 0.15) is 13.3 Å². The maximum absolute atomic E-state index is 11.9. The predicted molar refractivity (Wildman–Crippen MR) is 80.3 cm³/mol. The number of amides is 2. The molecule has 2 N–H and O–H groups in total. The highest BCUT2D eigenvalue weighted by molar-refractivity contribution is 6.05. The van der Waals surface area contributed by atoms with Gasteiger partial charge in [0, 0.05) is 12.0 Å². The van der Waals surface area contributed by atoms with E-state index in [1.165, 1.54) is 12.2 Å². The number of carbonyl (C=O) groups excluding carboxylic acids is 2. The molecule has 0 aromatic carbocycles. The van der Waals surface area contributed by atoms with Crippen molar-refractivity contribution >= 4 is 23.5 Å². The van der Waals surface area contributed by atoms with Crippen molar-refractivity contribution in [2.75, 3.05) is 10.6 Å². The molecular weight excluding hydrogens is 254 g/mol. The van der Waals surface area contributed by atoms with E-state index in [0.29, 0.717) is 23.6 Å². The molecular formula is C15H17N3O2. The van der Waals surface area contributed by atoms with Crippen LogP contribution in [-0.4, -0.2) is 16.8 Å². The topological polar surface area (TPSA) is 71.1 Å². The van der Waals surface area contributed by atoms with Gasteiger partial charge in [0.25, 0.3) is 5.91 Å². The highest BCUT2D eigenvalue weighted by Gasteiger charge is 2.07. The minimum atomic E-state index is -0.341. The second kappa shape index (κ2) is 7.68. The highest BCUT2D eigenvalue weighted by Crippen LogP contribution is 2.11. The first-order valence-corrected chi connectivity index (χ1v) is 6.14. The normalized spacial score (nSPS) is 10.6. The molecule has 1 heterocycles. The zero-order valence-corrected chi connectivity index (χ0v) is 11.3. The van der Waals surface area contributed by atoms with Crippen LogP contribution in [0.4, 0.5) is 11.6 Å². The van der Waals surface area contributed by atoms with Crippen LogP contribution in [0.3, 0.4) is 0 Å². The van der Waals surface area contributed by atoms with Gasteiger partial charge in [-0.2, -0.15) is 0 Å². The Morgan fingerprint density at radius 1 is 1.25 bits per heavy atom. The number of nitrogens with one attached hydrogen (secondary N) is 2. The highest BCUT2D eigenvalue weighted by atomic mass is 16.2. The van der Waals surface area contributed by atoms with Crippen LogP contribution in [-0.2, 0) is 9.59 Å². The quantitative estimate of drug-likeness (QED) is 0.617. The Bertz CT molecular complexity index is 562. The molecule has 0 bridgehead atoms. The van der Waals surface area contributed by atoms with Crippen LogP contribution < -0.4 is 10.6 Å². The van der Waals surface area contributed by atoms with Crippen LogP contribution >= 0.6 is 0 Å². The van der Waals surface area contributed by atoms with Crippen LogP contribution in [0, 0.1) is 0 Å². The van der Waals surface area contributed by atoms with Crippen molar-refractivity contribution in [2.45, 2.75) is 13.3 Å². The number of rotatable bonds is 6. The summed E-state index contributed by atoms with van der Waals surface area (Å²) in [6.07, 6.45) is 4.84. The van der Waals surface area contributed by atoms with Gasteiger partial charge in [-0.25, -0.2) is 4.98 Å². The first kappa shape index (κ1) is 15.4. The predicted octanol–water partition coefficient (Wildman–Crippen LogP) is 2.67. The average molecular weight is 271 g/mol. The summed E-state index contributed by atoms with van der Waals surface area (Å²) in [6, 6.07) is 4.98. The molecule has 104 valence electrons. The molecule has 0 aliphatic heterocycles. The summed E-state index contributed by atoms with van der Waals surface area (Å²) in [5.41, 5.74) is 0.379. The summed E-state index contributed by atoms with van der Waals surface area (Å²) in [5, 5.41) is 5.24. The molecule has 1 aromatic heterocycles. The van der Waals surface area contributed by atoms with Crippen molar-refractivity contribution < 1.29 is 9.59 Å². The Hall–Kier alpha value is -2.69. The lowest BCUT2D eigenvalue weighted by atomic mass is 10.2. The van der Waals surface area contributed by atoms with Gasteiger partial charge >= 0.3 is 0 Å². The lowest BCUT2D eigenvalue weighted by molar-refractivity contribution is -0.116. The Balaban J connectivity index is 2.83. The number of aromatic nitrogens is 1. The molecule has 0 saturated carbocycles. The van der Waals surface area contributed by atoms with Crippen molar-refractivity contribution in [2.24, 2.45) is 0 Å². The maximum atomic E-state index is 11.9. The van der Waals surface area contributed by atoms with Gasteiger partial charge in [0.1, 0.15) is 11.6 Å². The van der Waals surface area contributed by atoms with Crippen molar-refractivity contribution in [3.05, 3.63) is 55.2 Å². The molecule has 0 spiro atoms. The SMILES string of the molecule is C=C/C=C(\C=C)C(=O)Nc1cccc(NC(=O)CC)n1. The zero-order valence-electron chi connectivity index (χ0n) is 11.3. The van der Waals surface area contributed by atoms with Crippen LogP contribution in [0.15, 0.2) is 55.2 Å². The van der Waals surface area contributed by atoms with Gasteiger partial charge in [-0.15, -0.1) is 0 Å². The van der Waals surface area contributed by atoms with E-state index in [1.807, 2.05) is 0 Å². The van der Waals surface area contributed by atoms with E-state index in [0.717, 1.165) is 0 Å². The summed E-state index contributed by atoms with van der Waals surface area (Å²) in [5.74, 6) is 0.258. The van der Waals surface area contributed by atoms with Crippen LogP contribution in [0.2, 0.25) is 0 Å². The fourth-order valence-electron chi connectivity index (χ4n) is 1.36. The van der Waals surface area contributed by atoms with Crippen molar-refractivity contribution in [1.82, 2.24) is 4.98 Å². The summed E-state index contributed by atoms with van der Waals surface area (Å²) >= 11 is 0. The lowest BCUT2D eigenvalue weighted by Gasteiger charge is -2.07. The molecule has 1 rings (SSSR count). The van der Waals surface area contributed by atoms with E-state index in [9.17, 15) is 9.59 Å². The summed E-state index contributed by atoms with van der Waals surface area (Å²) < 4.78 is 0. The minimum absolute atomic E-state index is 0.140. The second-order valence-corrected chi connectivity index (χ2v) is 3.83. The van der Waals surface area contributed by atoms with Gasteiger partial charge in [0.05, 0.1) is 0 Å². The first-order chi connectivity index (χ1) is 9.60. The van der Waals surface area contributed by atoms with Crippen molar-refractivity contribution in [1.29, 1.82) is 0 Å². The van der Waals surface area contributed by atoms with E-state index in [1.54, 1.807) is 31.2 Å². The van der Waals surface area contributed by atoms with E-state index in [4.69, 9.17) is 0 Å². The lowest BCUT2D eigenvalue weighted by Crippen LogP contribution is -2.15. The van der Waals surface area contributed by atoms with Gasteiger partial charge in [-0.3, -0.25) is 9.59 Å². The minimum Gasteiger partial charge on any atom is -0.311 e. The van der Waals surface area contributed by atoms with Crippen molar-refractivity contribution in [3.63, 3.8) is 0 Å². The molecule has 0 aliphatic rings. The number of carbonyl (C=O) groups is 2. The molecule has 1 aromatic rings. The van der Waals surface area contributed by atoms with Gasteiger partial charge in [-0.05, 0) is 12.1 Å². The number of pyridine rings is 1. The standard InChI is InChI=1S/C15H17N3O2/c1-4-8-11(5-2)15(20)18-13-10-7-9-12(16-13)17-14(19)6-3/h4-5,7-10H,1-2,6H2,3H3,(H2,16,17,18,19,20)/b11-8+. The zero-order chi connectivity index (χ0) is 15.0. The Labute approximate surface area is 118 Å². The fraction of sp³-hybridized carbons (Fsp3) is 0.133. The Morgan fingerprint density at radius 2 is 1.90 bits per heavy atom. The van der Waals surface area contributed by atoms with Crippen molar-refractivity contribution in [3.8, 4) is 0 Å². The summed E-state index contributed by atoms with van der Waals surface area (Å²) in [6.45, 7) is 8.83. The maximum Gasteiger partial charge on any atom is 0.256 e. The fourth-order valence-corrected chi connectivity index (χ4v) is 1.36. The van der Waals surface area contributed by atoms with Gasteiger partial charge in [0.2, 0.25) is 5.91 Å². The molecule has 0 aliphatic carbocycles. The molecule has 0 atom stereocenters. The van der Waals surface area contributed by atoms with E-state index in [2.05, 4.69) is 28.8 Å². The van der Waals surface area contributed by atoms with E-state index in [-0.39, 0.29) is 11.8 Å². The monoisotopic (exact) mass is 271 g/mol. The molecule has 5 nitrogen and oxygen atoms in total. The van der Waals surface area contributed by atoms with Gasteiger partial charge in [-0.1, -0.05) is 44.4 Å². The summed E-state index contributed by atoms with van der Waals surface area (Å²) in [4.78, 5) is 27.3. The summed E-state index contributed by atoms with van der Waals surface area (Å²) in [7, 11) is 0. The average Bonchev–Trinajstić information content (AvgIpc) is 2.44. The van der Waals surface area contributed by atoms with E-state index >= 15 is 0 Å². The van der Waals surface area contributed by atoms with Gasteiger partial charge < -0.3 is 10.6 Å². The third-order valence-electron chi connectivity index (χ3n) is 2.36. The number of allylic oxidation sites excluding steroid dienone is 2. The molecule has 0 fully saturated rings. The number of nitrogens with zero attached hydrogens (tertiary/aromatic N) is 1. The molecule has 0 unspecified atom stereocenters. The van der Waals surface area contributed by atoms with Crippen LogP contribution in [0.5, 0.6) is 0 Å². The second-order valence-electron chi connectivity index (χ2n) is 3.83. The Morgan fingerprint density at radius 3 is 2.45 bits per heavy atom. The number of anilines is 2. The number of hydrogen-bond donors (Lipinski definition) is 2. The Kier molecular flexibility index (Phi) is 5.90. The largest absolute Gasteiger partial charge is 0.311 e.